The summed E-state index contributed by atoms with van der Waals surface area (Å²) in [5.41, 5.74) is 0. The molecule has 0 unspecified atom stereocenters. The van der Waals surface area contributed by atoms with Gasteiger partial charge in [0.05, 0.1) is 11.9 Å². The van der Waals surface area contributed by atoms with Gasteiger partial charge in [0.15, 0.2) is 15.0 Å². The first-order valence-corrected chi connectivity index (χ1v) is 7.74. The predicted octanol–water partition coefficient (Wildman–Crippen LogP) is 0.768. The van der Waals surface area contributed by atoms with Crippen molar-refractivity contribution in [1.82, 2.24) is 10.3 Å². The second-order valence-corrected chi connectivity index (χ2v) is 7.12. The molecule has 1 aromatic heterocycles. The molecule has 0 radical (unpaired) electrons. The van der Waals surface area contributed by atoms with Crippen molar-refractivity contribution in [2.45, 2.75) is 11.1 Å². The highest BCUT2D eigenvalue weighted by Crippen LogP contribution is 2.26. The lowest BCUT2D eigenvalue weighted by Gasteiger charge is -2.26. The molecular formula is C9H16ClN3O2S2. The molecule has 0 bridgehead atoms. The lowest BCUT2D eigenvalue weighted by atomic mass is 10.4. The molecule has 1 aromatic rings. The van der Waals surface area contributed by atoms with Crippen LogP contribution in [0.4, 0.5) is 5.13 Å². The summed E-state index contributed by atoms with van der Waals surface area (Å²) in [6.45, 7) is 5.28. The molecule has 17 heavy (non-hydrogen) atoms. The third-order valence-electron chi connectivity index (χ3n) is 2.55. The fourth-order valence-corrected chi connectivity index (χ4v) is 3.82. The summed E-state index contributed by atoms with van der Waals surface area (Å²) in [7, 11) is -3.10. The van der Waals surface area contributed by atoms with Crippen LogP contribution < -0.4 is 10.2 Å². The van der Waals surface area contributed by atoms with Gasteiger partial charge in [-0.3, -0.25) is 0 Å². The topological polar surface area (TPSA) is 62.3 Å². The van der Waals surface area contributed by atoms with Crippen LogP contribution in [0.3, 0.4) is 0 Å². The number of rotatable bonds is 3. The van der Waals surface area contributed by atoms with Crippen molar-refractivity contribution in [1.29, 1.82) is 0 Å². The highest BCUT2D eigenvalue weighted by atomic mass is 35.5. The summed E-state index contributed by atoms with van der Waals surface area (Å²) in [4.78, 5) is 6.31. The summed E-state index contributed by atoms with van der Waals surface area (Å²) >= 11 is 1.27. The van der Waals surface area contributed by atoms with Gasteiger partial charge in [-0.05, 0) is 0 Å². The second kappa shape index (κ2) is 5.99. The smallest absolute Gasteiger partial charge is 0.189 e. The minimum Gasteiger partial charge on any atom is -0.346 e. The summed E-state index contributed by atoms with van der Waals surface area (Å²) in [6, 6.07) is 0. The molecule has 5 nitrogen and oxygen atoms in total. The van der Waals surface area contributed by atoms with Gasteiger partial charge in [-0.15, -0.1) is 12.4 Å². The molecule has 2 rings (SSSR count). The van der Waals surface area contributed by atoms with Gasteiger partial charge in [-0.25, -0.2) is 13.4 Å². The number of thiazole rings is 1. The molecular weight excluding hydrogens is 282 g/mol. The van der Waals surface area contributed by atoms with Crippen molar-refractivity contribution in [3.8, 4) is 0 Å². The number of nitrogens with zero attached hydrogens (tertiary/aromatic N) is 2. The van der Waals surface area contributed by atoms with E-state index < -0.39 is 9.84 Å². The normalized spacial score (nSPS) is 16.6. The summed E-state index contributed by atoms with van der Waals surface area (Å²) in [5, 5.41) is 4.06. The van der Waals surface area contributed by atoms with Crippen LogP contribution in [-0.2, 0) is 9.84 Å². The molecule has 0 spiro atoms. The van der Waals surface area contributed by atoms with Crippen molar-refractivity contribution in [2.24, 2.45) is 0 Å². The molecule has 1 aliphatic rings. The van der Waals surface area contributed by atoms with Gasteiger partial charge >= 0.3 is 0 Å². The maximum Gasteiger partial charge on any atom is 0.189 e. The van der Waals surface area contributed by atoms with Crippen molar-refractivity contribution in [2.75, 3.05) is 36.8 Å². The van der Waals surface area contributed by atoms with Crippen LogP contribution in [0.15, 0.2) is 10.4 Å². The van der Waals surface area contributed by atoms with Crippen LogP contribution in [0.25, 0.3) is 0 Å². The van der Waals surface area contributed by atoms with Crippen LogP contribution >= 0.6 is 23.7 Å². The molecule has 1 N–H and O–H groups in total. The van der Waals surface area contributed by atoms with E-state index in [1.165, 1.54) is 17.5 Å². The molecule has 0 atom stereocenters. The zero-order valence-electron chi connectivity index (χ0n) is 9.55. The van der Waals surface area contributed by atoms with E-state index in [9.17, 15) is 8.42 Å². The maximum absolute atomic E-state index is 11.6. The Balaban J connectivity index is 0.00000144. The van der Waals surface area contributed by atoms with Gasteiger partial charge < -0.3 is 10.2 Å². The number of hydrogen-bond acceptors (Lipinski definition) is 6. The van der Waals surface area contributed by atoms with Gasteiger partial charge in [0.2, 0.25) is 0 Å². The molecule has 0 aromatic carbocycles. The van der Waals surface area contributed by atoms with Gasteiger partial charge in [-0.1, -0.05) is 18.3 Å². The first-order chi connectivity index (χ1) is 7.63. The van der Waals surface area contributed by atoms with Crippen molar-refractivity contribution in [3.05, 3.63) is 6.20 Å². The lowest BCUT2D eigenvalue weighted by molar-refractivity contribution is 0.588. The highest BCUT2D eigenvalue weighted by Gasteiger charge is 2.19. The van der Waals surface area contributed by atoms with Crippen LogP contribution in [0.5, 0.6) is 0 Å². The molecule has 2 heterocycles. The Morgan fingerprint density at radius 1 is 1.47 bits per heavy atom. The summed E-state index contributed by atoms with van der Waals surface area (Å²) in [5.74, 6) is 0.135. The zero-order chi connectivity index (χ0) is 11.6. The maximum atomic E-state index is 11.6. The average molecular weight is 298 g/mol. The fraction of sp³-hybridized carbons (Fsp3) is 0.667. The quantitative estimate of drug-likeness (QED) is 0.893. The van der Waals surface area contributed by atoms with Gasteiger partial charge in [-0.2, -0.15) is 0 Å². The lowest BCUT2D eigenvalue weighted by Crippen LogP contribution is -2.43. The SMILES string of the molecule is CCS(=O)(=O)c1cnc(N2CCNCC2)s1.Cl. The fourth-order valence-electron chi connectivity index (χ4n) is 1.54. The summed E-state index contributed by atoms with van der Waals surface area (Å²) < 4.78 is 23.7. The number of halogens is 1. The number of nitrogens with one attached hydrogen (secondary N) is 1. The third kappa shape index (κ3) is 3.31. The van der Waals surface area contributed by atoms with Crippen molar-refractivity contribution < 1.29 is 8.42 Å². The number of aromatic nitrogens is 1. The Morgan fingerprint density at radius 2 is 2.12 bits per heavy atom. The predicted molar refractivity (Wildman–Crippen MR) is 72.2 cm³/mol. The minimum atomic E-state index is -3.10. The van der Waals surface area contributed by atoms with Crippen molar-refractivity contribution >= 4 is 38.7 Å². The number of hydrogen-bond donors (Lipinski definition) is 1. The largest absolute Gasteiger partial charge is 0.346 e. The zero-order valence-corrected chi connectivity index (χ0v) is 12.0. The highest BCUT2D eigenvalue weighted by molar-refractivity contribution is 7.93. The van der Waals surface area contributed by atoms with E-state index >= 15 is 0 Å². The van der Waals surface area contributed by atoms with E-state index in [2.05, 4.69) is 15.2 Å². The monoisotopic (exact) mass is 297 g/mol. The van der Waals surface area contributed by atoms with Crippen LogP contribution in [-0.4, -0.2) is 45.3 Å². The molecule has 1 saturated heterocycles. The molecule has 0 aliphatic carbocycles. The molecule has 0 amide bonds. The standard InChI is InChI=1S/C9H15N3O2S2.ClH/c1-2-16(13,14)8-7-11-9(15-8)12-5-3-10-4-6-12;/h7,10H,2-6H2,1H3;1H. The number of anilines is 1. The van der Waals surface area contributed by atoms with Gasteiger partial charge in [0.1, 0.15) is 4.21 Å². The third-order valence-corrected chi connectivity index (χ3v) is 5.89. The molecule has 1 fully saturated rings. The van der Waals surface area contributed by atoms with E-state index in [4.69, 9.17) is 0 Å². The Hall–Kier alpha value is -0.370. The Bertz CT molecular complexity index is 455. The second-order valence-electron chi connectivity index (χ2n) is 3.60. The average Bonchev–Trinajstić information content (AvgIpc) is 2.80. The minimum absolute atomic E-state index is 0. The van der Waals surface area contributed by atoms with E-state index in [1.54, 1.807) is 6.92 Å². The Labute approximate surface area is 112 Å². The molecule has 98 valence electrons. The van der Waals surface area contributed by atoms with Gasteiger partial charge in [0, 0.05) is 26.2 Å². The summed E-state index contributed by atoms with van der Waals surface area (Å²) in [6.07, 6.45) is 1.47. The van der Waals surface area contributed by atoms with Crippen LogP contribution in [0, 0.1) is 0 Å². The van der Waals surface area contributed by atoms with E-state index in [1.807, 2.05) is 0 Å². The molecule has 0 saturated carbocycles. The number of piperazine rings is 1. The molecule has 8 heteroatoms. The Kier molecular flexibility index (Phi) is 5.18. The first-order valence-electron chi connectivity index (χ1n) is 5.28. The van der Waals surface area contributed by atoms with E-state index in [0.717, 1.165) is 31.3 Å². The molecule has 1 aliphatic heterocycles. The Morgan fingerprint density at radius 3 is 2.71 bits per heavy atom. The van der Waals surface area contributed by atoms with E-state index in [0.29, 0.717) is 4.21 Å². The van der Waals surface area contributed by atoms with E-state index in [-0.39, 0.29) is 18.2 Å². The van der Waals surface area contributed by atoms with Gasteiger partial charge in [0.25, 0.3) is 0 Å². The number of sulfone groups is 1. The van der Waals surface area contributed by atoms with Crippen LogP contribution in [0.2, 0.25) is 0 Å². The van der Waals surface area contributed by atoms with Crippen molar-refractivity contribution in [3.63, 3.8) is 0 Å². The first kappa shape index (κ1) is 14.7. The van der Waals surface area contributed by atoms with Crippen LogP contribution in [0.1, 0.15) is 6.92 Å².